The first kappa shape index (κ1) is 21.3. The quantitative estimate of drug-likeness (QED) is 0.572. The SMILES string of the molecule is COc1ccc(-c2noc(CN3CCCN(Cc4ccc(F)cc4)CC3)n2)cc1OC. The summed E-state index contributed by atoms with van der Waals surface area (Å²) in [6.45, 7) is 5.27. The molecule has 1 fully saturated rings. The third kappa shape index (κ3) is 5.39. The van der Waals surface area contributed by atoms with Gasteiger partial charge in [0.1, 0.15) is 5.82 Å². The highest BCUT2D eigenvalue weighted by atomic mass is 19.1. The van der Waals surface area contributed by atoms with Crippen LogP contribution in [0.3, 0.4) is 0 Å². The molecular weight excluding hydrogens is 399 g/mol. The second-order valence-electron chi connectivity index (χ2n) is 7.61. The number of benzene rings is 2. The molecule has 0 atom stereocenters. The molecule has 1 saturated heterocycles. The van der Waals surface area contributed by atoms with Crippen LogP contribution in [0.5, 0.6) is 11.5 Å². The Morgan fingerprint density at radius 1 is 0.903 bits per heavy atom. The van der Waals surface area contributed by atoms with Gasteiger partial charge in [-0.1, -0.05) is 17.3 Å². The Balaban J connectivity index is 1.35. The van der Waals surface area contributed by atoms with Crippen molar-refractivity contribution in [1.29, 1.82) is 0 Å². The lowest BCUT2D eigenvalue weighted by Gasteiger charge is -2.21. The monoisotopic (exact) mass is 426 g/mol. The second kappa shape index (κ2) is 9.89. The molecule has 0 bridgehead atoms. The highest BCUT2D eigenvalue weighted by Gasteiger charge is 2.18. The largest absolute Gasteiger partial charge is 0.493 e. The number of aromatic nitrogens is 2. The molecule has 0 radical (unpaired) electrons. The van der Waals surface area contributed by atoms with Gasteiger partial charge in [-0.15, -0.1) is 0 Å². The van der Waals surface area contributed by atoms with Crippen LogP contribution in [0, 0.1) is 5.82 Å². The number of hydrogen-bond acceptors (Lipinski definition) is 7. The van der Waals surface area contributed by atoms with Gasteiger partial charge >= 0.3 is 0 Å². The van der Waals surface area contributed by atoms with E-state index < -0.39 is 0 Å². The molecular formula is C23H27FN4O3. The van der Waals surface area contributed by atoms with Crippen molar-refractivity contribution in [3.8, 4) is 22.9 Å². The third-order valence-corrected chi connectivity index (χ3v) is 5.47. The smallest absolute Gasteiger partial charge is 0.241 e. The number of hydrogen-bond donors (Lipinski definition) is 0. The Bertz CT molecular complexity index is 993. The van der Waals surface area contributed by atoms with E-state index in [0.717, 1.165) is 50.3 Å². The maximum Gasteiger partial charge on any atom is 0.241 e. The van der Waals surface area contributed by atoms with E-state index in [0.29, 0.717) is 29.8 Å². The summed E-state index contributed by atoms with van der Waals surface area (Å²) in [6.07, 6.45) is 1.05. The van der Waals surface area contributed by atoms with Crippen LogP contribution in [0.15, 0.2) is 47.0 Å². The van der Waals surface area contributed by atoms with Gasteiger partial charge in [-0.2, -0.15) is 4.98 Å². The van der Waals surface area contributed by atoms with E-state index in [4.69, 9.17) is 14.0 Å². The van der Waals surface area contributed by atoms with Crippen molar-refractivity contribution in [3.63, 3.8) is 0 Å². The number of halogens is 1. The summed E-state index contributed by atoms with van der Waals surface area (Å²) < 4.78 is 29.3. The molecule has 31 heavy (non-hydrogen) atoms. The molecule has 164 valence electrons. The fourth-order valence-corrected chi connectivity index (χ4v) is 3.79. The first-order valence-electron chi connectivity index (χ1n) is 10.4. The zero-order valence-corrected chi connectivity index (χ0v) is 17.9. The third-order valence-electron chi connectivity index (χ3n) is 5.47. The van der Waals surface area contributed by atoms with Crippen LogP contribution < -0.4 is 9.47 Å². The summed E-state index contributed by atoms with van der Waals surface area (Å²) in [7, 11) is 3.20. The van der Waals surface area contributed by atoms with Crippen molar-refractivity contribution in [2.45, 2.75) is 19.5 Å². The van der Waals surface area contributed by atoms with Crippen LogP contribution in [-0.2, 0) is 13.1 Å². The van der Waals surface area contributed by atoms with Gasteiger partial charge in [-0.25, -0.2) is 4.39 Å². The molecule has 4 rings (SSSR count). The molecule has 0 spiro atoms. The Labute approximate surface area is 181 Å². The molecule has 3 aromatic rings. The number of rotatable bonds is 7. The van der Waals surface area contributed by atoms with E-state index in [1.165, 1.54) is 12.1 Å². The Morgan fingerprint density at radius 3 is 2.32 bits per heavy atom. The molecule has 7 nitrogen and oxygen atoms in total. The topological polar surface area (TPSA) is 63.9 Å². The fourth-order valence-electron chi connectivity index (χ4n) is 3.79. The van der Waals surface area contributed by atoms with Gasteiger partial charge in [-0.05, 0) is 55.4 Å². The van der Waals surface area contributed by atoms with E-state index in [1.54, 1.807) is 14.2 Å². The predicted molar refractivity (Wildman–Crippen MR) is 114 cm³/mol. The molecule has 0 N–H and O–H groups in total. The van der Waals surface area contributed by atoms with Gasteiger partial charge in [0.15, 0.2) is 11.5 Å². The average molecular weight is 426 g/mol. The summed E-state index contributed by atoms with van der Waals surface area (Å²) in [4.78, 5) is 9.30. The zero-order valence-electron chi connectivity index (χ0n) is 17.9. The lowest BCUT2D eigenvalue weighted by atomic mass is 10.2. The maximum atomic E-state index is 13.1. The molecule has 1 aliphatic heterocycles. The van der Waals surface area contributed by atoms with Crippen LogP contribution in [0.1, 0.15) is 17.9 Å². The molecule has 2 heterocycles. The van der Waals surface area contributed by atoms with Crippen molar-refractivity contribution in [1.82, 2.24) is 19.9 Å². The Hall–Kier alpha value is -2.97. The van der Waals surface area contributed by atoms with Crippen molar-refractivity contribution < 1.29 is 18.4 Å². The molecule has 0 amide bonds. The maximum absolute atomic E-state index is 13.1. The van der Waals surface area contributed by atoms with Gasteiger partial charge in [0.25, 0.3) is 0 Å². The van der Waals surface area contributed by atoms with E-state index in [-0.39, 0.29) is 5.82 Å². The van der Waals surface area contributed by atoms with Crippen molar-refractivity contribution in [3.05, 3.63) is 59.7 Å². The molecule has 0 unspecified atom stereocenters. The van der Waals surface area contributed by atoms with Crippen LogP contribution in [0.2, 0.25) is 0 Å². The first-order chi connectivity index (χ1) is 15.1. The van der Waals surface area contributed by atoms with E-state index in [9.17, 15) is 4.39 Å². The number of nitrogens with zero attached hydrogens (tertiary/aromatic N) is 4. The number of ether oxygens (including phenoxy) is 2. The minimum Gasteiger partial charge on any atom is -0.493 e. The summed E-state index contributed by atoms with van der Waals surface area (Å²) in [6, 6.07) is 12.3. The fraction of sp³-hybridized carbons (Fsp3) is 0.391. The first-order valence-corrected chi connectivity index (χ1v) is 10.4. The van der Waals surface area contributed by atoms with Gasteiger partial charge in [0.2, 0.25) is 11.7 Å². The summed E-state index contributed by atoms with van der Waals surface area (Å²) in [5.41, 5.74) is 1.94. The van der Waals surface area contributed by atoms with Crippen LogP contribution in [0.25, 0.3) is 11.4 Å². The summed E-state index contributed by atoms with van der Waals surface area (Å²) in [5.74, 6) is 2.21. The standard InChI is InChI=1S/C23H27FN4O3/c1-29-20-9-6-18(14-21(20)30-2)23-25-22(31-26-23)16-28-11-3-10-27(12-13-28)15-17-4-7-19(24)8-5-17/h4-9,14H,3,10-13,15-16H2,1-2H3. The molecule has 0 aliphatic carbocycles. The highest BCUT2D eigenvalue weighted by molar-refractivity contribution is 5.60. The molecule has 8 heteroatoms. The van der Waals surface area contributed by atoms with E-state index in [2.05, 4.69) is 19.9 Å². The van der Waals surface area contributed by atoms with Crippen LogP contribution in [0.4, 0.5) is 4.39 Å². The number of methoxy groups -OCH3 is 2. The van der Waals surface area contributed by atoms with Gasteiger partial charge in [0.05, 0.1) is 20.8 Å². The van der Waals surface area contributed by atoms with Gasteiger partial charge < -0.3 is 14.0 Å². The normalized spacial score (nSPS) is 15.6. The van der Waals surface area contributed by atoms with Crippen molar-refractivity contribution in [2.24, 2.45) is 0 Å². The highest BCUT2D eigenvalue weighted by Crippen LogP contribution is 2.31. The molecule has 0 saturated carbocycles. The second-order valence-corrected chi connectivity index (χ2v) is 7.61. The predicted octanol–water partition coefficient (Wildman–Crippen LogP) is 3.60. The summed E-state index contributed by atoms with van der Waals surface area (Å²) in [5, 5.41) is 4.13. The minimum absolute atomic E-state index is 0.196. The average Bonchev–Trinajstić information content (AvgIpc) is 3.15. The molecule has 1 aliphatic rings. The Morgan fingerprint density at radius 2 is 1.61 bits per heavy atom. The van der Waals surface area contributed by atoms with Crippen molar-refractivity contribution >= 4 is 0 Å². The van der Waals surface area contributed by atoms with Gasteiger partial charge in [0, 0.05) is 25.2 Å². The molecule has 1 aromatic heterocycles. The Kier molecular flexibility index (Phi) is 6.79. The zero-order chi connectivity index (χ0) is 21.6. The van der Waals surface area contributed by atoms with Gasteiger partial charge in [-0.3, -0.25) is 9.80 Å². The van der Waals surface area contributed by atoms with Crippen LogP contribution in [-0.4, -0.2) is 60.3 Å². The van der Waals surface area contributed by atoms with Crippen molar-refractivity contribution in [2.75, 3.05) is 40.4 Å². The van der Waals surface area contributed by atoms with E-state index in [1.807, 2.05) is 30.3 Å². The van der Waals surface area contributed by atoms with Crippen LogP contribution >= 0.6 is 0 Å². The lowest BCUT2D eigenvalue weighted by Crippen LogP contribution is -2.30. The van der Waals surface area contributed by atoms with E-state index >= 15 is 0 Å². The molecule has 2 aromatic carbocycles. The summed E-state index contributed by atoms with van der Waals surface area (Å²) >= 11 is 0. The minimum atomic E-state index is -0.196. The lowest BCUT2D eigenvalue weighted by molar-refractivity contribution is 0.222.